The lowest BCUT2D eigenvalue weighted by atomic mass is 9.81. The van der Waals surface area contributed by atoms with Crippen molar-refractivity contribution in [3.63, 3.8) is 0 Å². The van der Waals surface area contributed by atoms with E-state index < -0.39 is 23.7 Å². The molecule has 3 atom stereocenters. The van der Waals surface area contributed by atoms with Gasteiger partial charge in [0.25, 0.3) is 5.56 Å². The first-order valence-corrected chi connectivity index (χ1v) is 11.2. The van der Waals surface area contributed by atoms with Gasteiger partial charge in [0.05, 0.1) is 17.7 Å². The van der Waals surface area contributed by atoms with Crippen molar-refractivity contribution in [2.24, 2.45) is 10.9 Å². The number of aromatic nitrogens is 1. The molecule has 0 spiro atoms. The highest BCUT2D eigenvalue weighted by molar-refractivity contribution is 14.1. The molecule has 3 aromatic rings. The Labute approximate surface area is 189 Å². The summed E-state index contributed by atoms with van der Waals surface area (Å²) in [5.74, 6) is -0.587. The van der Waals surface area contributed by atoms with Crippen molar-refractivity contribution in [2.45, 2.75) is 18.7 Å². The van der Waals surface area contributed by atoms with Crippen molar-refractivity contribution in [1.29, 1.82) is 0 Å². The molecular weight excluding hydrogens is 515 g/mol. The quantitative estimate of drug-likeness (QED) is 0.376. The van der Waals surface area contributed by atoms with Crippen molar-refractivity contribution in [1.82, 2.24) is 4.57 Å². The molecule has 2 aliphatic heterocycles. The number of para-hydroxylation sites is 1. The second-order valence-corrected chi connectivity index (χ2v) is 9.63. The average Bonchev–Trinajstić information content (AvgIpc) is 3.00. The van der Waals surface area contributed by atoms with Crippen LogP contribution in [-0.2, 0) is 9.53 Å². The molecule has 5 rings (SSSR count). The first-order chi connectivity index (χ1) is 14.4. The van der Waals surface area contributed by atoms with Gasteiger partial charge in [0.1, 0.15) is 11.7 Å². The summed E-state index contributed by atoms with van der Waals surface area (Å²) in [6.07, 6.45) is 1.86. The van der Waals surface area contributed by atoms with E-state index in [9.17, 15) is 9.59 Å². The molecule has 8 heteroatoms. The largest absolute Gasteiger partial charge is 0.469 e. The number of esters is 1. The van der Waals surface area contributed by atoms with Gasteiger partial charge in [-0.3, -0.25) is 14.2 Å². The number of benzene rings is 2. The van der Waals surface area contributed by atoms with Gasteiger partial charge < -0.3 is 9.47 Å². The number of halogens is 1. The zero-order chi connectivity index (χ0) is 21.0. The van der Waals surface area contributed by atoms with Crippen molar-refractivity contribution < 1.29 is 14.3 Å². The van der Waals surface area contributed by atoms with Crippen molar-refractivity contribution in [3.05, 3.63) is 82.9 Å². The molecule has 2 bridgehead atoms. The van der Waals surface area contributed by atoms with E-state index in [0.717, 1.165) is 14.7 Å². The molecule has 0 amide bonds. The lowest BCUT2D eigenvalue weighted by Gasteiger charge is -2.44. The van der Waals surface area contributed by atoms with Crippen molar-refractivity contribution >= 4 is 46.0 Å². The van der Waals surface area contributed by atoms with Crippen LogP contribution in [0.15, 0.2) is 58.3 Å². The first-order valence-electron chi connectivity index (χ1n) is 9.35. The monoisotopic (exact) mass is 532 g/mol. The molecule has 2 aromatic carbocycles. The highest BCUT2D eigenvalue weighted by Gasteiger charge is 2.55. The standard InChI is InChI=1S/C22H17IN2O4S/c1-22-17(20(27)28-2)18(14-8-3-4-9-15(14)29-22)25-19(26)16(30-21(25)24-22)11-12-6-5-7-13(23)10-12/h3-11,17-18H,1-2H3/b16-11+/t17-,18-,22+/m1/s1. The Kier molecular flexibility index (Phi) is 4.59. The minimum atomic E-state index is -1.15. The molecule has 1 aromatic heterocycles. The predicted octanol–water partition coefficient (Wildman–Crippen LogP) is 2.46. The number of methoxy groups -OCH3 is 1. The van der Waals surface area contributed by atoms with Gasteiger partial charge in [0, 0.05) is 9.13 Å². The SMILES string of the molecule is COC(=O)[C@H]1[C@H]2c3ccccc3O[C@]1(C)N=c1s/c(=C/c3cccc(I)c3)c(=O)n12. The van der Waals surface area contributed by atoms with Crippen LogP contribution in [0.25, 0.3) is 6.08 Å². The molecule has 0 radical (unpaired) electrons. The number of hydrogen-bond acceptors (Lipinski definition) is 6. The molecular formula is C22H17IN2O4S. The smallest absolute Gasteiger partial charge is 0.317 e. The molecule has 0 N–H and O–H groups in total. The van der Waals surface area contributed by atoms with Gasteiger partial charge >= 0.3 is 5.97 Å². The second-order valence-electron chi connectivity index (χ2n) is 7.38. The van der Waals surface area contributed by atoms with Crippen LogP contribution in [0.1, 0.15) is 24.1 Å². The number of nitrogens with zero attached hydrogens (tertiary/aromatic N) is 2. The number of thiazole rings is 1. The number of ether oxygens (including phenoxy) is 2. The van der Waals surface area contributed by atoms with Gasteiger partial charge in [-0.25, -0.2) is 4.99 Å². The highest BCUT2D eigenvalue weighted by Crippen LogP contribution is 2.47. The highest BCUT2D eigenvalue weighted by atomic mass is 127. The zero-order valence-electron chi connectivity index (χ0n) is 16.2. The summed E-state index contributed by atoms with van der Waals surface area (Å²) in [5, 5.41) is 0. The van der Waals surface area contributed by atoms with E-state index >= 15 is 0 Å². The summed E-state index contributed by atoms with van der Waals surface area (Å²) in [5.41, 5.74) is 0.397. The number of carbonyl (C=O) groups is 1. The number of carbonyl (C=O) groups excluding carboxylic acids is 1. The molecule has 30 heavy (non-hydrogen) atoms. The Bertz CT molecular complexity index is 1360. The summed E-state index contributed by atoms with van der Waals surface area (Å²) in [7, 11) is 1.34. The third kappa shape index (κ3) is 2.92. The molecule has 0 unspecified atom stereocenters. The summed E-state index contributed by atoms with van der Waals surface area (Å²) in [6.45, 7) is 1.77. The zero-order valence-corrected chi connectivity index (χ0v) is 19.1. The van der Waals surface area contributed by atoms with E-state index in [1.807, 2.05) is 54.6 Å². The number of hydrogen-bond donors (Lipinski definition) is 0. The first kappa shape index (κ1) is 19.5. The van der Waals surface area contributed by atoms with E-state index in [1.165, 1.54) is 18.4 Å². The fraction of sp³-hybridized carbons (Fsp3) is 0.227. The molecule has 0 fully saturated rings. The van der Waals surface area contributed by atoms with Gasteiger partial charge in [-0.05, 0) is 59.4 Å². The normalized spacial score (nSPS) is 24.3. The Morgan fingerprint density at radius 1 is 1.30 bits per heavy atom. The minimum absolute atomic E-state index is 0.171. The van der Waals surface area contributed by atoms with Crippen molar-refractivity contribution in [2.75, 3.05) is 7.11 Å². The fourth-order valence-corrected chi connectivity index (χ4v) is 5.85. The second kappa shape index (κ2) is 7.05. The van der Waals surface area contributed by atoms with Crippen LogP contribution in [0.5, 0.6) is 5.75 Å². The Balaban J connectivity index is 1.80. The molecule has 0 saturated heterocycles. The summed E-state index contributed by atoms with van der Waals surface area (Å²) < 4.78 is 14.5. The maximum absolute atomic E-state index is 13.5. The van der Waals surface area contributed by atoms with Crippen molar-refractivity contribution in [3.8, 4) is 5.75 Å². The van der Waals surface area contributed by atoms with Gasteiger partial charge in [-0.2, -0.15) is 0 Å². The van der Waals surface area contributed by atoms with Crippen LogP contribution in [0.3, 0.4) is 0 Å². The maximum atomic E-state index is 13.5. The summed E-state index contributed by atoms with van der Waals surface area (Å²) in [6, 6.07) is 14.8. The third-order valence-electron chi connectivity index (χ3n) is 5.48. The molecule has 0 aliphatic carbocycles. The molecule has 2 aliphatic rings. The lowest BCUT2D eigenvalue weighted by Crippen LogP contribution is -2.58. The van der Waals surface area contributed by atoms with Crippen LogP contribution in [0, 0.1) is 9.49 Å². The molecule has 0 saturated carbocycles. The molecule has 6 nitrogen and oxygen atoms in total. The van der Waals surface area contributed by atoms with Crippen LogP contribution in [-0.4, -0.2) is 23.4 Å². The Morgan fingerprint density at radius 3 is 2.87 bits per heavy atom. The van der Waals surface area contributed by atoms with E-state index in [1.54, 1.807) is 11.5 Å². The van der Waals surface area contributed by atoms with Gasteiger partial charge in [0.15, 0.2) is 4.80 Å². The average molecular weight is 532 g/mol. The van der Waals surface area contributed by atoms with E-state index in [-0.39, 0.29) is 5.56 Å². The Morgan fingerprint density at radius 2 is 2.10 bits per heavy atom. The minimum Gasteiger partial charge on any atom is -0.469 e. The lowest BCUT2D eigenvalue weighted by molar-refractivity contribution is -0.158. The fourth-order valence-electron chi connectivity index (χ4n) is 4.18. The number of fused-ring (bicyclic) bond motifs is 6. The molecule has 3 heterocycles. The van der Waals surface area contributed by atoms with Crippen LogP contribution in [0.2, 0.25) is 0 Å². The Hall–Kier alpha value is -2.46. The summed E-state index contributed by atoms with van der Waals surface area (Å²) >= 11 is 3.55. The topological polar surface area (TPSA) is 69.9 Å². The van der Waals surface area contributed by atoms with Crippen LogP contribution >= 0.6 is 33.9 Å². The predicted molar refractivity (Wildman–Crippen MR) is 121 cm³/mol. The van der Waals surface area contributed by atoms with Gasteiger partial charge in [-0.15, -0.1) is 0 Å². The third-order valence-corrected chi connectivity index (χ3v) is 7.14. The van der Waals surface area contributed by atoms with Crippen LogP contribution in [0.4, 0.5) is 0 Å². The van der Waals surface area contributed by atoms with Crippen LogP contribution < -0.4 is 19.6 Å². The maximum Gasteiger partial charge on any atom is 0.317 e. The van der Waals surface area contributed by atoms with Gasteiger partial charge in [0.2, 0.25) is 5.72 Å². The van der Waals surface area contributed by atoms with E-state index in [4.69, 9.17) is 14.5 Å². The number of rotatable bonds is 2. The summed E-state index contributed by atoms with van der Waals surface area (Å²) in [4.78, 5) is 31.5. The van der Waals surface area contributed by atoms with E-state index in [0.29, 0.717) is 15.1 Å². The van der Waals surface area contributed by atoms with Gasteiger partial charge in [-0.1, -0.05) is 41.7 Å². The molecule has 152 valence electrons. The van der Waals surface area contributed by atoms with E-state index in [2.05, 4.69) is 22.6 Å².